The average Bonchev–Trinajstić information content (AvgIpc) is 2.24. The predicted octanol–water partition coefficient (Wildman–Crippen LogP) is 2.35. The number of carbonyl (C=O) groups excluding carboxylic acids is 1. The lowest BCUT2D eigenvalue weighted by Gasteiger charge is -2.10. The molecule has 0 saturated carbocycles. The third-order valence-corrected chi connectivity index (χ3v) is 1.93. The highest BCUT2D eigenvalue weighted by Gasteiger charge is 1.98. The van der Waals surface area contributed by atoms with Gasteiger partial charge in [0.2, 0.25) is 0 Å². The Kier molecular flexibility index (Phi) is 9.84. The summed E-state index contributed by atoms with van der Waals surface area (Å²) < 4.78 is 10.2. The number of ether oxygens (including phenoxy) is 2. The van der Waals surface area contributed by atoms with Crippen LogP contribution in [-0.2, 0) is 14.3 Å². The molecule has 0 amide bonds. The van der Waals surface area contributed by atoms with E-state index in [0.717, 1.165) is 19.3 Å². The van der Waals surface area contributed by atoms with E-state index in [2.05, 4.69) is 23.5 Å². The van der Waals surface area contributed by atoms with Crippen LogP contribution in [0.2, 0.25) is 0 Å². The summed E-state index contributed by atoms with van der Waals surface area (Å²) >= 11 is 0. The molecule has 0 aromatic heterocycles. The minimum absolute atomic E-state index is 0.260. The zero-order valence-electron chi connectivity index (χ0n) is 10.3. The Morgan fingerprint density at radius 3 is 2.88 bits per heavy atom. The molecule has 0 bridgehead atoms. The molecule has 0 fully saturated rings. The van der Waals surface area contributed by atoms with E-state index in [4.69, 9.17) is 4.74 Å². The Labute approximate surface area is 98.5 Å². The molecular weight excluding hydrogens is 204 g/mol. The molecule has 1 unspecified atom stereocenters. The van der Waals surface area contributed by atoms with Gasteiger partial charge in [0.15, 0.2) is 0 Å². The van der Waals surface area contributed by atoms with Crippen LogP contribution in [0.3, 0.4) is 0 Å². The first-order chi connectivity index (χ1) is 7.70. The molecule has 1 atom stereocenters. The molecule has 3 heteroatoms. The van der Waals surface area contributed by atoms with Gasteiger partial charge in [-0.1, -0.05) is 19.3 Å². The molecule has 91 valence electrons. The summed E-state index contributed by atoms with van der Waals surface area (Å²) in [5.41, 5.74) is 0. The number of hydrogen-bond acceptors (Lipinski definition) is 3. The first kappa shape index (κ1) is 15.0. The summed E-state index contributed by atoms with van der Waals surface area (Å²) in [4.78, 5) is 10.8. The van der Waals surface area contributed by atoms with Crippen molar-refractivity contribution in [3.63, 3.8) is 0 Å². The van der Waals surface area contributed by atoms with Gasteiger partial charge in [0.25, 0.3) is 0 Å². The Hall–Kier alpha value is -1.01. The van der Waals surface area contributed by atoms with Gasteiger partial charge in [-0.2, -0.15) is 0 Å². The smallest absolute Gasteiger partial charge is 0.384 e. The molecule has 1 radical (unpaired) electrons. The van der Waals surface area contributed by atoms with Gasteiger partial charge in [-0.25, -0.2) is 4.79 Å². The zero-order valence-corrected chi connectivity index (χ0v) is 10.3. The molecule has 0 aromatic rings. The lowest BCUT2D eigenvalue weighted by Crippen LogP contribution is -2.08. The fourth-order valence-electron chi connectivity index (χ4n) is 1.12. The summed E-state index contributed by atoms with van der Waals surface area (Å²) in [7, 11) is 0. The molecule has 0 saturated heterocycles. The third-order valence-electron chi connectivity index (χ3n) is 1.93. The van der Waals surface area contributed by atoms with E-state index in [1.54, 1.807) is 6.92 Å². The summed E-state index contributed by atoms with van der Waals surface area (Å²) in [6.45, 7) is 8.62. The van der Waals surface area contributed by atoms with Crippen molar-refractivity contribution in [1.29, 1.82) is 0 Å². The van der Waals surface area contributed by atoms with Crippen LogP contribution in [0.15, 0.2) is 0 Å². The van der Waals surface area contributed by atoms with Gasteiger partial charge < -0.3 is 9.47 Å². The second kappa shape index (κ2) is 10.5. The first-order valence-electron chi connectivity index (χ1n) is 5.77. The van der Waals surface area contributed by atoms with E-state index in [1.165, 1.54) is 0 Å². The standard InChI is InChI=1S/C13H21O3/c1-4-9-12(3)16-11-8-6-7-10-13(14)15-5-2/h12H,1,4-6,8-9,11H2,2-3H3. The average molecular weight is 225 g/mol. The molecular formula is C13H21O3. The molecule has 16 heavy (non-hydrogen) atoms. The van der Waals surface area contributed by atoms with Gasteiger partial charge in [-0.05, 0) is 26.7 Å². The third kappa shape index (κ3) is 9.54. The van der Waals surface area contributed by atoms with Crippen LogP contribution in [0.5, 0.6) is 0 Å². The Bertz CT molecular complexity index is 237. The molecule has 0 heterocycles. The van der Waals surface area contributed by atoms with E-state index < -0.39 is 5.97 Å². The van der Waals surface area contributed by atoms with Gasteiger partial charge in [0, 0.05) is 18.9 Å². The summed E-state index contributed by atoms with van der Waals surface area (Å²) in [5, 5.41) is 0. The van der Waals surface area contributed by atoms with Crippen LogP contribution in [-0.4, -0.2) is 25.3 Å². The van der Waals surface area contributed by atoms with Gasteiger partial charge in [-0.3, -0.25) is 0 Å². The predicted molar refractivity (Wildman–Crippen MR) is 63.6 cm³/mol. The molecule has 0 aliphatic heterocycles. The molecule has 0 aliphatic carbocycles. The van der Waals surface area contributed by atoms with E-state index in [0.29, 0.717) is 19.6 Å². The molecule has 0 aliphatic rings. The van der Waals surface area contributed by atoms with E-state index >= 15 is 0 Å². The summed E-state index contributed by atoms with van der Waals surface area (Å²) in [6.07, 6.45) is 3.64. The van der Waals surface area contributed by atoms with E-state index in [1.807, 2.05) is 6.92 Å². The van der Waals surface area contributed by atoms with Crippen molar-refractivity contribution in [3.05, 3.63) is 6.92 Å². The normalized spacial score (nSPS) is 11.4. The van der Waals surface area contributed by atoms with Crippen molar-refractivity contribution in [1.82, 2.24) is 0 Å². The van der Waals surface area contributed by atoms with Gasteiger partial charge in [0.1, 0.15) is 0 Å². The quantitative estimate of drug-likeness (QED) is 0.289. The molecule has 0 rings (SSSR count). The molecule has 0 N–H and O–H groups in total. The van der Waals surface area contributed by atoms with E-state index in [-0.39, 0.29) is 6.10 Å². The fourth-order valence-corrected chi connectivity index (χ4v) is 1.12. The highest BCUT2D eigenvalue weighted by Crippen LogP contribution is 2.01. The Morgan fingerprint density at radius 2 is 2.25 bits per heavy atom. The second-order valence-corrected chi connectivity index (χ2v) is 3.45. The SMILES string of the molecule is [CH2]CCC(C)OCCCC#CC(=O)OCC. The van der Waals surface area contributed by atoms with Crippen molar-refractivity contribution < 1.29 is 14.3 Å². The number of hydrogen-bond donors (Lipinski definition) is 0. The van der Waals surface area contributed by atoms with Crippen LogP contribution >= 0.6 is 0 Å². The topological polar surface area (TPSA) is 35.5 Å². The van der Waals surface area contributed by atoms with Crippen LogP contribution in [0, 0.1) is 18.8 Å². The fraction of sp³-hybridized carbons (Fsp3) is 0.692. The summed E-state index contributed by atoms with van der Waals surface area (Å²) in [5.74, 6) is 4.73. The van der Waals surface area contributed by atoms with Crippen molar-refractivity contribution >= 4 is 5.97 Å². The second-order valence-electron chi connectivity index (χ2n) is 3.45. The largest absolute Gasteiger partial charge is 0.456 e. The summed E-state index contributed by atoms with van der Waals surface area (Å²) in [6, 6.07) is 0. The zero-order chi connectivity index (χ0) is 12.2. The number of rotatable bonds is 7. The van der Waals surface area contributed by atoms with Crippen LogP contribution in [0.1, 0.15) is 39.5 Å². The maximum Gasteiger partial charge on any atom is 0.384 e. The van der Waals surface area contributed by atoms with Crippen molar-refractivity contribution in [2.45, 2.75) is 45.6 Å². The van der Waals surface area contributed by atoms with E-state index in [9.17, 15) is 4.79 Å². The van der Waals surface area contributed by atoms with Crippen molar-refractivity contribution in [2.24, 2.45) is 0 Å². The van der Waals surface area contributed by atoms with Crippen LogP contribution < -0.4 is 0 Å². The van der Waals surface area contributed by atoms with Crippen molar-refractivity contribution in [3.8, 4) is 11.8 Å². The van der Waals surface area contributed by atoms with Gasteiger partial charge >= 0.3 is 5.97 Å². The monoisotopic (exact) mass is 225 g/mol. The Balaban J connectivity index is 3.42. The highest BCUT2D eigenvalue weighted by atomic mass is 16.5. The molecule has 3 nitrogen and oxygen atoms in total. The highest BCUT2D eigenvalue weighted by molar-refractivity contribution is 5.88. The first-order valence-corrected chi connectivity index (χ1v) is 5.77. The van der Waals surface area contributed by atoms with Crippen molar-refractivity contribution in [2.75, 3.05) is 13.2 Å². The lowest BCUT2D eigenvalue weighted by atomic mass is 10.2. The van der Waals surface area contributed by atoms with Crippen LogP contribution in [0.25, 0.3) is 0 Å². The maximum absolute atomic E-state index is 10.8. The maximum atomic E-state index is 10.8. The van der Waals surface area contributed by atoms with Gasteiger partial charge in [-0.15, -0.1) is 0 Å². The lowest BCUT2D eigenvalue weighted by molar-refractivity contribution is -0.136. The van der Waals surface area contributed by atoms with Crippen LogP contribution in [0.4, 0.5) is 0 Å². The van der Waals surface area contributed by atoms with Gasteiger partial charge in [0.05, 0.1) is 12.7 Å². The minimum Gasteiger partial charge on any atom is -0.456 e. The number of carbonyl (C=O) groups is 1. The minimum atomic E-state index is -0.450. The molecule has 0 spiro atoms. The Morgan fingerprint density at radius 1 is 1.50 bits per heavy atom. The number of esters is 1. The molecule has 0 aromatic carbocycles. The number of unbranched alkanes of at least 4 members (excludes halogenated alkanes) is 1.